The van der Waals surface area contributed by atoms with Gasteiger partial charge in [-0.15, -0.1) is 0 Å². The van der Waals surface area contributed by atoms with Crippen molar-refractivity contribution in [2.45, 2.75) is 39.5 Å². The maximum absolute atomic E-state index is 14.2. The van der Waals surface area contributed by atoms with E-state index in [9.17, 15) is 13.6 Å². The van der Waals surface area contributed by atoms with Crippen LogP contribution in [0.5, 0.6) is 0 Å². The van der Waals surface area contributed by atoms with E-state index in [4.69, 9.17) is 15.1 Å². The van der Waals surface area contributed by atoms with Crippen LogP contribution in [0.1, 0.15) is 54.5 Å². The zero-order chi connectivity index (χ0) is 26.1. The molecule has 0 spiro atoms. The second-order valence-electron chi connectivity index (χ2n) is 9.53. The topological polar surface area (TPSA) is 67.2 Å². The molecular weight excluding hydrogens is 474 g/mol. The van der Waals surface area contributed by atoms with Gasteiger partial charge in [-0.1, -0.05) is 32.4 Å². The minimum atomic E-state index is -0.508. The highest BCUT2D eigenvalue weighted by atomic mass is 19.1. The van der Waals surface area contributed by atoms with Gasteiger partial charge in [0, 0.05) is 32.1 Å². The molecule has 2 aromatic heterocycles. The first-order chi connectivity index (χ1) is 17.9. The van der Waals surface area contributed by atoms with Crippen LogP contribution in [0.2, 0.25) is 0 Å². The molecule has 1 aliphatic heterocycles. The Morgan fingerprint density at radius 3 is 2.38 bits per heavy atom. The van der Waals surface area contributed by atoms with Crippen molar-refractivity contribution in [2.75, 3.05) is 31.1 Å². The molecule has 5 rings (SSSR count). The number of hydrogen-bond acceptors (Lipinski definition) is 5. The highest BCUT2D eigenvalue weighted by molar-refractivity contribution is 5.95. The Kier molecular flexibility index (Phi) is 6.86. The predicted octanol–water partition coefficient (Wildman–Crippen LogP) is 5.27. The van der Waals surface area contributed by atoms with Crippen LogP contribution in [0.25, 0.3) is 16.7 Å². The zero-order valence-electron chi connectivity index (χ0n) is 21.3. The van der Waals surface area contributed by atoms with E-state index in [0.29, 0.717) is 31.8 Å². The summed E-state index contributed by atoms with van der Waals surface area (Å²) < 4.78 is 29.5. The van der Waals surface area contributed by atoms with Gasteiger partial charge in [-0.2, -0.15) is 5.10 Å². The van der Waals surface area contributed by atoms with Crippen molar-refractivity contribution in [3.05, 3.63) is 77.2 Å². The highest BCUT2D eigenvalue weighted by Crippen LogP contribution is 2.32. The summed E-state index contributed by atoms with van der Waals surface area (Å²) in [5.41, 5.74) is 2.26. The number of hydrogen-bond donors (Lipinski definition) is 0. The second kappa shape index (κ2) is 10.2. The van der Waals surface area contributed by atoms with Crippen molar-refractivity contribution in [1.29, 1.82) is 0 Å². The molecule has 1 aliphatic rings. The number of rotatable bonds is 6. The van der Waals surface area contributed by atoms with E-state index in [1.807, 2.05) is 6.92 Å². The summed E-state index contributed by atoms with van der Waals surface area (Å²) in [7, 11) is 0. The molecular formula is C28H30F2N6O. The number of aromatic nitrogens is 4. The minimum Gasteiger partial charge on any atom is -0.352 e. The van der Waals surface area contributed by atoms with E-state index in [0.717, 1.165) is 41.3 Å². The molecule has 0 bridgehead atoms. The lowest BCUT2D eigenvalue weighted by atomic mass is 10.1. The molecule has 1 saturated heterocycles. The number of anilines is 1. The third-order valence-electron chi connectivity index (χ3n) is 6.90. The molecule has 1 fully saturated rings. The SMILES string of the molecule is CCCC(C)c1nc(N2CCN(C(=O)c3ccccc3F)CC2)c2c(C)nn(-c3ccc(F)cc3)c2n1. The van der Waals surface area contributed by atoms with E-state index in [1.54, 1.807) is 33.8 Å². The average molecular weight is 505 g/mol. The molecule has 0 N–H and O–H groups in total. The largest absolute Gasteiger partial charge is 0.352 e. The van der Waals surface area contributed by atoms with E-state index in [1.165, 1.54) is 24.3 Å². The molecule has 7 nitrogen and oxygen atoms in total. The summed E-state index contributed by atoms with van der Waals surface area (Å²) in [6.45, 7) is 8.17. The van der Waals surface area contributed by atoms with Crippen molar-refractivity contribution in [3.8, 4) is 5.69 Å². The standard InChI is InChI=1S/C28H30F2N6O/c1-4-7-18(2)25-31-26(24-19(3)33-36(27(24)32-25)21-12-10-20(29)11-13-21)34-14-16-35(17-15-34)28(37)22-8-5-6-9-23(22)30/h5-6,8-13,18H,4,7,14-17H2,1-3H3. The minimum absolute atomic E-state index is 0.0903. The van der Waals surface area contributed by atoms with Crippen molar-refractivity contribution >= 4 is 22.8 Å². The van der Waals surface area contributed by atoms with Crippen molar-refractivity contribution in [2.24, 2.45) is 0 Å². The number of nitrogens with zero attached hydrogens (tertiary/aromatic N) is 6. The third kappa shape index (κ3) is 4.77. The molecule has 2 aromatic carbocycles. The lowest BCUT2D eigenvalue weighted by molar-refractivity contribution is 0.0742. The molecule has 4 aromatic rings. The van der Waals surface area contributed by atoms with Gasteiger partial charge >= 0.3 is 0 Å². The van der Waals surface area contributed by atoms with Crippen LogP contribution in [0.15, 0.2) is 48.5 Å². The van der Waals surface area contributed by atoms with E-state index < -0.39 is 5.82 Å². The Balaban J connectivity index is 1.51. The fraction of sp³-hybridized carbons (Fsp3) is 0.357. The van der Waals surface area contributed by atoms with Crippen LogP contribution < -0.4 is 4.90 Å². The predicted molar refractivity (Wildman–Crippen MR) is 139 cm³/mol. The number of halogens is 2. The average Bonchev–Trinajstić information content (AvgIpc) is 3.25. The summed E-state index contributed by atoms with van der Waals surface area (Å²) in [4.78, 5) is 26.7. The Morgan fingerprint density at radius 1 is 1.00 bits per heavy atom. The fourth-order valence-corrected chi connectivity index (χ4v) is 4.88. The molecule has 192 valence electrons. The first-order valence-corrected chi connectivity index (χ1v) is 12.7. The zero-order valence-corrected chi connectivity index (χ0v) is 21.3. The number of benzene rings is 2. The van der Waals surface area contributed by atoms with Gasteiger partial charge in [0.25, 0.3) is 5.91 Å². The van der Waals surface area contributed by atoms with Crippen molar-refractivity contribution < 1.29 is 13.6 Å². The van der Waals surface area contributed by atoms with Gasteiger partial charge < -0.3 is 9.80 Å². The molecule has 3 heterocycles. The van der Waals surface area contributed by atoms with Crippen LogP contribution >= 0.6 is 0 Å². The summed E-state index contributed by atoms with van der Waals surface area (Å²) in [6.07, 6.45) is 1.95. The Labute approximate surface area is 214 Å². The molecule has 0 saturated carbocycles. The summed E-state index contributed by atoms with van der Waals surface area (Å²) >= 11 is 0. The van der Waals surface area contributed by atoms with Crippen molar-refractivity contribution in [1.82, 2.24) is 24.6 Å². The van der Waals surface area contributed by atoms with Gasteiger partial charge in [-0.05, 0) is 49.7 Å². The first-order valence-electron chi connectivity index (χ1n) is 12.7. The number of piperazine rings is 1. The Morgan fingerprint density at radius 2 is 1.70 bits per heavy atom. The third-order valence-corrected chi connectivity index (χ3v) is 6.90. The fourth-order valence-electron chi connectivity index (χ4n) is 4.88. The van der Waals surface area contributed by atoms with Gasteiger partial charge in [-0.25, -0.2) is 23.4 Å². The van der Waals surface area contributed by atoms with Crippen LogP contribution in [0, 0.1) is 18.6 Å². The van der Waals surface area contributed by atoms with Crippen LogP contribution in [0.3, 0.4) is 0 Å². The van der Waals surface area contributed by atoms with Gasteiger partial charge in [0.2, 0.25) is 0 Å². The van der Waals surface area contributed by atoms with Gasteiger partial charge in [0.15, 0.2) is 5.65 Å². The molecule has 9 heteroatoms. The van der Waals surface area contributed by atoms with E-state index in [2.05, 4.69) is 18.7 Å². The maximum Gasteiger partial charge on any atom is 0.256 e. The van der Waals surface area contributed by atoms with Gasteiger partial charge in [0.1, 0.15) is 23.3 Å². The second-order valence-corrected chi connectivity index (χ2v) is 9.53. The normalized spacial score (nSPS) is 14.8. The number of aryl methyl sites for hydroxylation is 1. The monoisotopic (exact) mass is 504 g/mol. The van der Waals surface area contributed by atoms with Crippen LogP contribution in [-0.2, 0) is 0 Å². The summed E-state index contributed by atoms with van der Waals surface area (Å²) in [6, 6.07) is 12.3. The van der Waals surface area contributed by atoms with Gasteiger partial charge in [0.05, 0.1) is 22.3 Å². The van der Waals surface area contributed by atoms with Crippen LogP contribution in [-0.4, -0.2) is 56.7 Å². The number of carbonyl (C=O) groups is 1. The highest BCUT2D eigenvalue weighted by Gasteiger charge is 2.28. The molecule has 1 unspecified atom stereocenters. The summed E-state index contributed by atoms with van der Waals surface area (Å²) in [5.74, 6) is 0.541. The van der Waals surface area contributed by atoms with E-state index in [-0.39, 0.29) is 23.2 Å². The number of fused-ring (bicyclic) bond motifs is 1. The molecule has 37 heavy (non-hydrogen) atoms. The molecule has 0 aliphatic carbocycles. The molecule has 1 amide bonds. The van der Waals surface area contributed by atoms with E-state index >= 15 is 0 Å². The first kappa shape index (κ1) is 24.8. The Bertz CT molecular complexity index is 1430. The quantitative estimate of drug-likeness (QED) is 0.358. The number of amides is 1. The van der Waals surface area contributed by atoms with Crippen molar-refractivity contribution in [3.63, 3.8) is 0 Å². The lowest BCUT2D eigenvalue weighted by Gasteiger charge is -2.36. The number of carbonyl (C=O) groups excluding carboxylic acids is 1. The smallest absolute Gasteiger partial charge is 0.256 e. The van der Waals surface area contributed by atoms with Gasteiger partial charge in [-0.3, -0.25) is 4.79 Å². The Hall–Kier alpha value is -3.88. The molecule has 0 radical (unpaired) electrons. The lowest BCUT2D eigenvalue weighted by Crippen LogP contribution is -2.49. The van der Waals surface area contributed by atoms with Crippen LogP contribution in [0.4, 0.5) is 14.6 Å². The maximum atomic E-state index is 14.2. The summed E-state index contributed by atoms with van der Waals surface area (Å²) in [5, 5.41) is 5.58. The molecule has 1 atom stereocenters.